The maximum Gasteiger partial charge on any atom is 0.278 e. The van der Waals surface area contributed by atoms with E-state index in [4.69, 9.17) is 16.7 Å². The number of nitrogens with zero attached hydrogens (tertiary/aromatic N) is 4. The molecule has 152 valence electrons. The van der Waals surface area contributed by atoms with Gasteiger partial charge in [-0.1, -0.05) is 46.6 Å². The summed E-state index contributed by atoms with van der Waals surface area (Å²) < 4.78 is 2.70. The van der Waals surface area contributed by atoms with Gasteiger partial charge in [-0.15, -0.1) is 10.2 Å². The molecule has 0 spiro atoms. The van der Waals surface area contributed by atoms with Gasteiger partial charge in [0.05, 0.1) is 17.0 Å². The smallest absolute Gasteiger partial charge is 0.278 e. The van der Waals surface area contributed by atoms with Gasteiger partial charge in [0.2, 0.25) is 0 Å². The molecule has 0 aliphatic carbocycles. The summed E-state index contributed by atoms with van der Waals surface area (Å²) in [5, 5.41) is 16.8. The molecule has 0 aliphatic heterocycles. The lowest BCUT2D eigenvalue weighted by Crippen LogP contribution is -2.18. The zero-order chi connectivity index (χ0) is 21.4. The van der Waals surface area contributed by atoms with Crippen LogP contribution in [0, 0.1) is 13.8 Å². The lowest BCUT2D eigenvalue weighted by Gasteiger charge is -2.09. The van der Waals surface area contributed by atoms with Crippen molar-refractivity contribution in [3.8, 4) is 11.1 Å². The van der Waals surface area contributed by atoms with Gasteiger partial charge in [0, 0.05) is 15.2 Å². The van der Waals surface area contributed by atoms with Crippen LogP contribution >= 0.6 is 27.5 Å². The normalized spacial score (nSPS) is 11.1. The van der Waals surface area contributed by atoms with E-state index in [1.54, 1.807) is 16.6 Å². The molecule has 4 rings (SSSR count). The van der Waals surface area contributed by atoms with Crippen LogP contribution in [-0.2, 0) is 6.42 Å². The SMILES string of the molecule is CCc1nn2c(C)c(C(=O)Nc3ccc(Cl)c(C)c3)nnc2c1-c1ccc(Br)cc1. The number of fused-ring (bicyclic) bond motifs is 1. The maximum atomic E-state index is 12.9. The van der Waals surface area contributed by atoms with E-state index < -0.39 is 0 Å². The van der Waals surface area contributed by atoms with E-state index >= 15 is 0 Å². The van der Waals surface area contributed by atoms with Crippen molar-refractivity contribution in [1.29, 1.82) is 0 Å². The predicted octanol–water partition coefficient (Wildman–Crippen LogP) is 5.64. The number of aromatic nitrogens is 4. The summed E-state index contributed by atoms with van der Waals surface area (Å²) in [7, 11) is 0. The van der Waals surface area contributed by atoms with Crippen LogP contribution in [0.25, 0.3) is 16.8 Å². The zero-order valence-corrected chi connectivity index (χ0v) is 19.0. The molecule has 4 aromatic rings. The van der Waals surface area contributed by atoms with Crippen molar-refractivity contribution in [2.75, 3.05) is 5.32 Å². The van der Waals surface area contributed by atoms with Gasteiger partial charge in [0.15, 0.2) is 11.3 Å². The molecule has 0 bridgehead atoms. The third-order valence-electron chi connectivity index (χ3n) is 4.94. The second-order valence-electron chi connectivity index (χ2n) is 6.97. The van der Waals surface area contributed by atoms with Gasteiger partial charge < -0.3 is 5.32 Å². The number of benzene rings is 2. The second kappa shape index (κ2) is 8.16. The van der Waals surface area contributed by atoms with Crippen LogP contribution in [0.4, 0.5) is 5.69 Å². The summed E-state index contributed by atoms with van der Waals surface area (Å²) >= 11 is 9.53. The largest absolute Gasteiger partial charge is 0.321 e. The number of aryl methyl sites for hydroxylation is 3. The maximum absolute atomic E-state index is 12.9. The fourth-order valence-electron chi connectivity index (χ4n) is 3.33. The molecule has 0 fully saturated rings. The van der Waals surface area contributed by atoms with Crippen LogP contribution in [0.3, 0.4) is 0 Å². The van der Waals surface area contributed by atoms with Crippen molar-refractivity contribution in [3.05, 3.63) is 74.6 Å². The number of carbonyl (C=O) groups excluding carboxylic acids is 1. The van der Waals surface area contributed by atoms with Crippen molar-refractivity contribution >= 4 is 44.8 Å². The molecule has 0 aliphatic rings. The Bertz CT molecular complexity index is 1270. The van der Waals surface area contributed by atoms with Crippen LogP contribution in [0.1, 0.15) is 34.4 Å². The molecule has 0 radical (unpaired) electrons. The lowest BCUT2D eigenvalue weighted by atomic mass is 10.0. The molecule has 1 amide bonds. The summed E-state index contributed by atoms with van der Waals surface area (Å²) in [5.41, 5.74) is 5.85. The Balaban J connectivity index is 1.76. The summed E-state index contributed by atoms with van der Waals surface area (Å²) in [4.78, 5) is 12.9. The molecular formula is C22H19BrClN5O. The molecule has 0 saturated carbocycles. The van der Waals surface area contributed by atoms with E-state index in [0.717, 1.165) is 33.3 Å². The van der Waals surface area contributed by atoms with Crippen LogP contribution in [0.5, 0.6) is 0 Å². The minimum Gasteiger partial charge on any atom is -0.321 e. The summed E-state index contributed by atoms with van der Waals surface area (Å²) in [6, 6.07) is 13.3. The lowest BCUT2D eigenvalue weighted by molar-refractivity contribution is 0.102. The van der Waals surface area contributed by atoms with E-state index in [9.17, 15) is 4.79 Å². The molecule has 0 unspecified atom stereocenters. The van der Waals surface area contributed by atoms with Gasteiger partial charge in [-0.05, 0) is 61.7 Å². The van der Waals surface area contributed by atoms with Gasteiger partial charge in [-0.2, -0.15) is 5.10 Å². The Morgan fingerprint density at radius 3 is 2.53 bits per heavy atom. The highest BCUT2D eigenvalue weighted by molar-refractivity contribution is 9.10. The van der Waals surface area contributed by atoms with Crippen molar-refractivity contribution < 1.29 is 4.79 Å². The minimum absolute atomic E-state index is 0.225. The Kier molecular flexibility index (Phi) is 5.58. The monoisotopic (exact) mass is 483 g/mol. The highest BCUT2D eigenvalue weighted by Gasteiger charge is 2.21. The summed E-state index contributed by atoms with van der Waals surface area (Å²) in [5.74, 6) is -0.345. The topological polar surface area (TPSA) is 72.2 Å². The van der Waals surface area contributed by atoms with Crippen LogP contribution in [0.2, 0.25) is 5.02 Å². The molecule has 30 heavy (non-hydrogen) atoms. The molecule has 6 nitrogen and oxygen atoms in total. The summed E-state index contributed by atoms with van der Waals surface area (Å²) in [6.45, 7) is 5.75. The molecule has 0 atom stereocenters. The number of nitrogens with one attached hydrogen (secondary N) is 1. The van der Waals surface area contributed by atoms with Gasteiger partial charge in [0.25, 0.3) is 5.91 Å². The van der Waals surface area contributed by atoms with E-state index in [1.807, 2.05) is 51.1 Å². The highest BCUT2D eigenvalue weighted by atomic mass is 79.9. The van der Waals surface area contributed by atoms with Crippen LogP contribution in [0.15, 0.2) is 46.9 Å². The first-order chi connectivity index (χ1) is 14.4. The first-order valence-electron chi connectivity index (χ1n) is 9.47. The Labute approximate surface area is 187 Å². The van der Waals surface area contributed by atoms with Crippen molar-refractivity contribution in [2.24, 2.45) is 0 Å². The Morgan fingerprint density at radius 2 is 1.87 bits per heavy atom. The minimum atomic E-state index is -0.345. The number of hydrogen-bond acceptors (Lipinski definition) is 4. The number of anilines is 1. The highest BCUT2D eigenvalue weighted by Crippen LogP contribution is 2.30. The quantitative estimate of drug-likeness (QED) is 0.407. The van der Waals surface area contributed by atoms with E-state index in [2.05, 4.69) is 31.4 Å². The average molecular weight is 485 g/mol. The van der Waals surface area contributed by atoms with Crippen molar-refractivity contribution in [1.82, 2.24) is 19.8 Å². The average Bonchev–Trinajstić information content (AvgIpc) is 3.11. The molecule has 2 aromatic heterocycles. The Hall–Kier alpha value is -2.77. The van der Waals surface area contributed by atoms with Crippen LogP contribution in [-0.4, -0.2) is 25.7 Å². The molecule has 1 N–H and O–H groups in total. The summed E-state index contributed by atoms with van der Waals surface area (Å²) in [6.07, 6.45) is 0.736. The van der Waals surface area contributed by atoms with Gasteiger partial charge >= 0.3 is 0 Å². The third kappa shape index (κ3) is 3.70. The first-order valence-corrected chi connectivity index (χ1v) is 10.6. The van der Waals surface area contributed by atoms with Crippen molar-refractivity contribution in [2.45, 2.75) is 27.2 Å². The van der Waals surface area contributed by atoms with E-state index in [-0.39, 0.29) is 11.6 Å². The molecule has 2 heterocycles. The first kappa shape index (κ1) is 20.5. The number of carbonyl (C=O) groups is 1. The third-order valence-corrected chi connectivity index (χ3v) is 5.89. The molecule has 8 heteroatoms. The van der Waals surface area contributed by atoms with E-state index in [1.165, 1.54) is 0 Å². The molecular weight excluding hydrogens is 466 g/mol. The van der Waals surface area contributed by atoms with Gasteiger partial charge in [0.1, 0.15) is 0 Å². The standard InChI is InChI=1S/C22H19BrClN5O/c1-4-18-19(14-5-7-15(23)8-6-14)21-27-26-20(13(3)29(21)28-18)22(30)25-16-9-10-17(24)12(2)11-16/h5-11H,4H2,1-3H3,(H,25,30). The fraction of sp³-hybridized carbons (Fsp3) is 0.182. The Morgan fingerprint density at radius 1 is 1.13 bits per heavy atom. The number of halogens is 2. The number of rotatable bonds is 4. The van der Waals surface area contributed by atoms with Crippen molar-refractivity contribution in [3.63, 3.8) is 0 Å². The second-order valence-corrected chi connectivity index (χ2v) is 8.29. The van der Waals surface area contributed by atoms with Crippen LogP contribution < -0.4 is 5.32 Å². The van der Waals surface area contributed by atoms with Gasteiger partial charge in [-0.3, -0.25) is 4.79 Å². The molecule has 0 saturated heterocycles. The predicted molar refractivity (Wildman–Crippen MR) is 122 cm³/mol. The fourth-order valence-corrected chi connectivity index (χ4v) is 3.71. The van der Waals surface area contributed by atoms with E-state index in [0.29, 0.717) is 22.1 Å². The number of amides is 1. The zero-order valence-electron chi connectivity index (χ0n) is 16.7. The number of hydrogen-bond donors (Lipinski definition) is 1. The van der Waals surface area contributed by atoms with Gasteiger partial charge in [-0.25, -0.2) is 4.52 Å². The molecule has 2 aromatic carbocycles.